The smallest absolute Gasteiger partial charge is 0.341 e. The van der Waals surface area contributed by atoms with Crippen molar-refractivity contribution in [2.45, 2.75) is 69.3 Å². The van der Waals surface area contributed by atoms with Crippen molar-refractivity contribution in [2.75, 3.05) is 13.7 Å². The second kappa shape index (κ2) is 11.0. The zero-order chi connectivity index (χ0) is 25.1. The van der Waals surface area contributed by atoms with Crippen LogP contribution in [0.4, 0.5) is 17.6 Å². The molecule has 35 heavy (non-hydrogen) atoms. The van der Waals surface area contributed by atoms with Crippen molar-refractivity contribution in [3.8, 4) is 5.75 Å². The molecule has 190 valence electrons. The van der Waals surface area contributed by atoms with Gasteiger partial charge in [-0.2, -0.15) is 4.39 Å². The molecular formula is C27H30F4O4. The van der Waals surface area contributed by atoms with Gasteiger partial charge in [-0.05, 0) is 92.4 Å². The first-order valence-corrected chi connectivity index (χ1v) is 12.2. The van der Waals surface area contributed by atoms with Crippen LogP contribution < -0.4 is 4.74 Å². The van der Waals surface area contributed by atoms with E-state index in [0.717, 1.165) is 12.8 Å². The van der Waals surface area contributed by atoms with E-state index >= 15 is 0 Å². The molecule has 2 aliphatic rings. The molecule has 0 heterocycles. The van der Waals surface area contributed by atoms with Gasteiger partial charge in [-0.25, -0.2) is 18.0 Å². The van der Waals surface area contributed by atoms with E-state index in [1.807, 2.05) is 0 Å². The first-order chi connectivity index (χ1) is 16.8. The lowest BCUT2D eigenvalue weighted by Crippen LogP contribution is -2.25. The number of aliphatic hydroxyl groups excluding tert-OH is 1. The Morgan fingerprint density at radius 2 is 1.34 bits per heavy atom. The molecule has 2 aliphatic carbocycles. The third-order valence-corrected chi connectivity index (χ3v) is 7.56. The maximum absolute atomic E-state index is 14.8. The molecular weight excluding hydrogens is 464 g/mol. The molecule has 0 unspecified atom stereocenters. The predicted octanol–water partition coefficient (Wildman–Crippen LogP) is 6.40. The number of hydrogen-bond acceptors (Lipinski definition) is 4. The quantitative estimate of drug-likeness (QED) is 0.373. The summed E-state index contributed by atoms with van der Waals surface area (Å²) < 4.78 is 68.3. The maximum Gasteiger partial charge on any atom is 0.341 e. The molecule has 8 heteroatoms. The Morgan fingerprint density at radius 1 is 0.800 bits per heavy atom. The zero-order valence-corrected chi connectivity index (χ0v) is 19.7. The molecule has 0 aliphatic heterocycles. The number of aliphatic hydroxyl groups is 1. The summed E-state index contributed by atoms with van der Waals surface area (Å²) in [5, 5.41) is 9.27. The van der Waals surface area contributed by atoms with E-state index in [1.165, 1.54) is 31.4 Å². The van der Waals surface area contributed by atoms with Crippen LogP contribution in [0.3, 0.4) is 0 Å². The normalized spacial score (nSPS) is 24.7. The summed E-state index contributed by atoms with van der Waals surface area (Å²) >= 11 is 0. The average Bonchev–Trinajstić information content (AvgIpc) is 2.88. The van der Waals surface area contributed by atoms with Crippen molar-refractivity contribution in [3.63, 3.8) is 0 Å². The Balaban J connectivity index is 1.37. The average molecular weight is 495 g/mol. The lowest BCUT2D eigenvalue weighted by atomic mass is 9.78. The Hall–Kier alpha value is -2.61. The van der Waals surface area contributed by atoms with Crippen LogP contribution in [0.5, 0.6) is 5.75 Å². The second-order valence-corrected chi connectivity index (χ2v) is 9.59. The monoisotopic (exact) mass is 494 g/mol. The molecule has 2 aromatic rings. The minimum Gasteiger partial charge on any atom is -0.494 e. The van der Waals surface area contributed by atoms with Gasteiger partial charge in [0, 0.05) is 6.61 Å². The second-order valence-electron chi connectivity index (χ2n) is 9.59. The van der Waals surface area contributed by atoms with E-state index in [-0.39, 0.29) is 41.2 Å². The fraction of sp³-hybridized carbons (Fsp3) is 0.519. The number of ether oxygens (including phenoxy) is 2. The van der Waals surface area contributed by atoms with Gasteiger partial charge in [0.25, 0.3) is 0 Å². The van der Waals surface area contributed by atoms with Crippen LogP contribution in [0, 0.1) is 29.2 Å². The highest BCUT2D eigenvalue weighted by Crippen LogP contribution is 2.39. The first-order valence-electron chi connectivity index (χ1n) is 12.2. The number of esters is 1. The van der Waals surface area contributed by atoms with Crippen LogP contribution >= 0.6 is 0 Å². The van der Waals surface area contributed by atoms with Crippen LogP contribution in [0.1, 0.15) is 84.7 Å². The number of rotatable bonds is 6. The largest absolute Gasteiger partial charge is 0.494 e. The van der Waals surface area contributed by atoms with Crippen molar-refractivity contribution < 1.29 is 36.9 Å². The standard InChI is InChI=1S/C27H30F4O4/c1-34-22-13-12-20(24(29)26(22)31)17-6-8-18(9-7-17)35-27(33)21-11-10-19(23(28)25(21)30)16-4-2-15(14-32)3-5-16/h10-13,15-18,32H,2-9,14H2,1H3. The van der Waals surface area contributed by atoms with Gasteiger partial charge in [0.2, 0.25) is 5.82 Å². The summed E-state index contributed by atoms with van der Waals surface area (Å²) in [6.07, 6.45) is 4.05. The van der Waals surface area contributed by atoms with E-state index < -0.39 is 40.9 Å². The van der Waals surface area contributed by atoms with Crippen LogP contribution in [0.15, 0.2) is 24.3 Å². The highest BCUT2D eigenvalue weighted by atomic mass is 19.2. The summed E-state index contributed by atoms with van der Waals surface area (Å²) in [6, 6.07) is 5.62. The van der Waals surface area contributed by atoms with E-state index in [1.54, 1.807) is 0 Å². The van der Waals surface area contributed by atoms with Gasteiger partial charge < -0.3 is 14.6 Å². The van der Waals surface area contributed by atoms with Crippen molar-refractivity contribution >= 4 is 5.97 Å². The first kappa shape index (κ1) is 25.5. The van der Waals surface area contributed by atoms with Crippen LogP contribution in [0.2, 0.25) is 0 Å². The van der Waals surface area contributed by atoms with E-state index in [2.05, 4.69) is 0 Å². The Bertz CT molecular complexity index is 1060. The molecule has 2 fully saturated rings. The van der Waals surface area contributed by atoms with Gasteiger partial charge in [-0.1, -0.05) is 12.1 Å². The fourth-order valence-electron chi connectivity index (χ4n) is 5.42. The maximum atomic E-state index is 14.8. The summed E-state index contributed by atoms with van der Waals surface area (Å²) in [6.45, 7) is 0.0994. The Morgan fingerprint density at radius 3 is 1.91 bits per heavy atom. The van der Waals surface area contributed by atoms with E-state index in [0.29, 0.717) is 38.5 Å². The molecule has 0 spiro atoms. The fourth-order valence-corrected chi connectivity index (χ4v) is 5.42. The summed E-state index contributed by atoms with van der Waals surface area (Å²) in [7, 11) is 1.27. The minimum absolute atomic E-state index is 0.0994. The number of hydrogen-bond donors (Lipinski definition) is 1. The SMILES string of the molecule is COc1ccc(C2CCC(OC(=O)c3ccc(C4CCC(CO)CC4)c(F)c3F)CC2)c(F)c1F. The van der Waals surface area contributed by atoms with Gasteiger partial charge >= 0.3 is 5.97 Å². The van der Waals surface area contributed by atoms with Crippen LogP contribution in [0.25, 0.3) is 0 Å². The van der Waals surface area contributed by atoms with E-state index in [9.17, 15) is 27.5 Å². The number of carbonyl (C=O) groups excluding carboxylic acids is 1. The topological polar surface area (TPSA) is 55.8 Å². The minimum atomic E-state index is -1.21. The highest BCUT2D eigenvalue weighted by Gasteiger charge is 2.31. The number of carbonyl (C=O) groups is 1. The van der Waals surface area contributed by atoms with Gasteiger partial charge in [0.15, 0.2) is 23.2 Å². The molecule has 0 radical (unpaired) electrons. The molecule has 0 aromatic heterocycles. The van der Waals surface area contributed by atoms with Crippen molar-refractivity contribution in [3.05, 3.63) is 64.2 Å². The third-order valence-electron chi connectivity index (χ3n) is 7.56. The van der Waals surface area contributed by atoms with Gasteiger partial charge in [-0.15, -0.1) is 0 Å². The lowest BCUT2D eigenvalue weighted by molar-refractivity contribution is 0.0188. The van der Waals surface area contributed by atoms with Crippen molar-refractivity contribution in [2.24, 2.45) is 5.92 Å². The lowest BCUT2D eigenvalue weighted by Gasteiger charge is -2.29. The number of benzene rings is 2. The molecule has 1 N–H and O–H groups in total. The van der Waals surface area contributed by atoms with Gasteiger partial charge in [0.05, 0.1) is 12.7 Å². The van der Waals surface area contributed by atoms with Crippen molar-refractivity contribution in [1.82, 2.24) is 0 Å². The highest BCUT2D eigenvalue weighted by molar-refractivity contribution is 5.90. The molecule has 4 nitrogen and oxygen atoms in total. The predicted molar refractivity (Wildman–Crippen MR) is 121 cm³/mol. The van der Waals surface area contributed by atoms with Crippen LogP contribution in [-0.4, -0.2) is 30.9 Å². The molecule has 2 aromatic carbocycles. The summed E-state index contributed by atoms with van der Waals surface area (Å²) in [5.41, 5.74) is 0.0650. The molecule has 0 amide bonds. The summed E-state index contributed by atoms with van der Waals surface area (Å²) in [5.74, 6) is -5.46. The molecule has 0 bridgehead atoms. The molecule has 2 saturated carbocycles. The Labute approximate surface area is 202 Å². The molecule has 0 atom stereocenters. The van der Waals surface area contributed by atoms with Gasteiger partial charge in [0.1, 0.15) is 6.10 Å². The number of methoxy groups -OCH3 is 1. The third kappa shape index (κ3) is 5.32. The van der Waals surface area contributed by atoms with Crippen LogP contribution in [-0.2, 0) is 4.74 Å². The van der Waals surface area contributed by atoms with E-state index in [4.69, 9.17) is 9.47 Å². The van der Waals surface area contributed by atoms with Gasteiger partial charge in [-0.3, -0.25) is 0 Å². The molecule has 4 rings (SSSR count). The number of halogens is 4. The Kier molecular flexibility index (Phi) is 7.99. The molecule has 0 saturated heterocycles. The summed E-state index contributed by atoms with van der Waals surface area (Å²) in [4.78, 5) is 12.6. The van der Waals surface area contributed by atoms with Crippen molar-refractivity contribution in [1.29, 1.82) is 0 Å². The zero-order valence-electron chi connectivity index (χ0n) is 19.7.